The highest BCUT2D eigenvalue weighted by Crippen LogP contribution is 2.31. The number of hydrogen-bond acceptors (Lipinski definition) is 3. The summed E-state index contributed by atoms with van der Waals surface area (Å²) in [6.07, 6.45) is 23.8. The molecule has 3 nitrogen and oxygen atoms in total. The summed E-state index contributed by atoms with van der Waals surface area (Å²) in [5.41, 5.74) is 0. The van der Waals surface area contributed by atoms with Crippen LogP contribution in [0.4, 0.5) is 0 Å². The summed E-state index contributed by atoms with van der Waals surface area (Å²) in [6.45, 7) is 5.12. The van der Waals surface area contributed by atoms with E-state index in [-0.39, 0.29) is 0 Å². The van der Waals surface area contributed by atoms with Gasteiger partial charge in [0.1, 0.15) is 0 Å². The van der Waals surface area contributed by atoms with Crippen LogP contribution in [0.5, 0.6) is 0 Å². The van der Waals surface area contributed by atoms with Gasteiger partial charge < -0.3 is 9.30 Å². The van der Waals surface area contributed by atoms with Crippen molar-refractivity contribution >= 4 is 11.8 Å². The third-order valence-corrected chi connectivity index (χ3v) is 6.88. The highest BCUT2D eigenvalue weighted by atomic mass is 32.2. The Morgan fingerprint density at radius 3 is 2.46 bits per heavy atom. The van der Waals surface area contributed by atoms with Gasteiger partial charge in [0.2, 0.25) is 0 Å². The van der Waals surface area contributed by atoms with Gasteiger partial charge >= 0.3 is 0 Å². The number of imidazole rings is 1. The lowest BCUT2D eigenvalue weighted by Gasteiger charge is -2.26. The summed E-state index contributed by atoms with van der Waals surface area (Å²) >= 11 is 2.17. The van der Waals surface area contributed by atoms with Crippen LogP contribution >= 0.6 is 11.8 Å². The lowest BCUT2D eigenvalue weighted by Crippen LogP contribution is -2.23. The summed E-state index contributed by atoms with van der Waals surface area (Å²) in [4.78, 5) is 4.19. The minimum atomic E-state index is 0.557. The number of rotatable bonds is 15. The highest BCUT2D eigenvalue weighted by molar-refractivity contribution is 8.00. The van der Waals surface area contributed by atoms with Crippen LogP contribution in [0.15, 0.2) is 18.7 Å². The van der Waals surface area contributed by atoms with E-state index in [9.17, 15) is 0 Å². The van der Waals surface area contributed by atoms with E-state index < -0.39 is 0 Å². The van der Waals surface area contributed by atoms with E-state index in [1.165, 1.54) is 83.5 Å². The van der Waals surface area contributed by atoms with E-state index in [0.717, 1.165) is 25.0 Å². The smallest absolute Gasteiger partial charge is 0.0946 e. The molecule has 1 heterocycles. The summed E-state index contributed by atoms with van der Waals surface area (Å²) in [6, 6.07) is 0. The standard InChI is InChI=1S/C22H40N2OS/c1-2-3-4-5-6-7-8-12-17-25-19-22(18-24-16-15-23-20-24)26-21-13-10-9-11-14-21/h15-16,20-22H,2-14,17-19H2,1H3. The van der Waals surface area contributed by atoms with Crippen LogP contribution in [0.2, 0.25) is 0 Å². The Labute approximate surface area is 165 Å². The van der Waals surface area contributed by atoms with E-state index in [2.05, 4.69) is 34.4 Å². The Morgan fingerprint density at radius 1 is 1.04 bits per heavy atom. The molecule has 150 valence electrons. The number of nitrogens with zero attached hydrogens (tertiary/aromatic N) is 2. The normalized spacial score (nSPS) is 16.8. The van der Waals surface area contributed by atoms with Crippen LogP contribution in [-0.4, -0.2) is 33.3 Å². The first-order valence-corrected chi connectivity index (χ1v) is 12.0. The summed E-state index contributed by atoms with van der Waals surface area (Å²) in [5, 5.41) is 1.39. The zero-order chi connectivity index (χ0) is 18.3. The Balaban J connectivity index is 1.56. The second-order valence-electron chi connectivity index (χ2n) is 7.83. The van der Waals surface area contributed by atoms with E-state index >= 15 is 0 Å². The third kappa shape index (κ3) is 10.0. The van der Waals surface area contributed by atoms with Crippen LogP contribution < -0.4 is 0 Å². The highest BCUT2D eigenvalue weighted by Gasteiger charge is 2.20. The van der Waals surface area contributed by atoms with Crippen molar-refractivity contribution < 1.29 is 4.74 Å². The third-order valence-electron chi connectivity index (χ3n) is 5.36. The van der Waals surface area contributed by atoms with Gasteiger partial charge in [-0.2, -0.15) is 11.8 Å². The topological polar surface area (TPSA) is 27.1 Å². The van der Waals surface area contributed by atoms with Crippen molar-refractivity contribution in [3.63, 3.8) is 0 Å². The van der Waals surface area contributed by atoms with Crippen LogP contribution in [0.3, 0.4) is 0 Å². The fraction of sp³-hybridized carbons (Fsp3) is 0.864. The van der Waals surface area contributed by atoms with E-state index in [0.29, 0.717) is 5.25 Å². The molecule has 1 atom stereocenters. The number of ether oxygens (including phenoxy) is 1. The molecule has 1 fully saturated rings. The average Bonchev–Trinajstić information content (AvgIpc) is 3.17. The van der Waals surface area contributed by atoms with Crippen molar-refractivity contribution in [1.82, 2.24) is 9.55 Å². The summed E-state index contributed by atoms with van der Waals surface area (Å²) in [5.74, 6) is 0. The van der Waals surface area contributed by atoms with E-state index in [1.807, 2.05) is 12.5 Å². The Morgan fingerprint density at radius 2 is 1.77 bits per heavy atom. The van der Waals surface area contributed by atoms with Gasteiger partial charge in [0, 0.05) is 36.0 Å². The van der Waals surface area contributed by atoms with Gasteiger partial charge in [-0.1, -0.05) is 71.1 Å². The van der Waals surface area contributed by atoms with Crippen molar-refractivity contribution in [2.24, 2.45) is 0 Å². The molecular weight excluding hydrogens is 340 g/mol. The second kappa shape index (κ2) is 14.6. The largest absolute Gasteiger partial charge is 0.380 e. The monoisotopic (exact) mass is 380 g/mol. The van der Waals surface area contributed by atoms with Gasteiger partial charge in [0.15, 0.2) is 0 Å². The lowest BCUT2D eigenvalue weighted by molar-refractivity contribution is 0.128. The molecule has 4 heteroatoms. The quantitative estimate of drug-likeness (QED) is 0.326. The van der Waals surface area contributed by atoms with Crippen molar-refractivity contribution in [3.8, 4) is 0 Å². The van der Waals surface area contributed by atoms with Crippen molar-refractivity contribution in [1.29, 1.82) is 0 Å². The molecule has 1 aromatic heterocycles. The molecule has 0 saturated heterocycles. The zero-order valence-electron chi connectivity index (χ0n) is 16.9. The minimum absolute atomic E-state index is 0.557. The van der Waals surface area contributed by atoms with Gasteiger partial charge in [0.05, 0.1) is 12.9 Å². The Kier molecular flexibility index (Phi) is 12.2. The molecule has 0 bridgehead atoms. The maximum absolute atomic E-state index is 6.08. The fourth-order valence-corrected chi connectivity index (χ4v) is 5.37. The molecule has 0 aliphatic heterocycles. The molecule has 0 aromatic carbocycles. The average molecular weight is 381 g/mol. The zero-order valence-corrected chi connectivity index (χ0v) is 17.7. The van der Waals surface area contributed by atoms with Crippen LogP contribution in [0.1, 0.15) is 90.4 Å². The van der Waals surface area contributed by atoms with E-state index in [4.69, 9.17) is 4.74 Å². The van der Waals surface area contributed by atoms with Gasteiger partial charge in [-0.05, 0) is 19.3 Å². The molecule has 1 aliphatic rings. The predicted octanol–water partition coefficient (Wildman–Crippen LogP) is 6.47. The molecule has 26 heavy (non-hydrogen) atoms. The van der Waals surface area contributed by atoms with Crippen LogP contribution in [0, 0.1) is 0 Å². The van der Waals surface area contributed by atoms with Gasteiger partial charge in [-0.25, -0.2) is 4.98 Å². The number of aromatic nitrogens is 2. The second-order valence-corrected chi connectivity index (χ2v) is 9.43. The Hall–Kier alpha value is -0.480. The first kappa shape index (κ1) is 21.8. The van der Waals surface area contributed by atoms with Gasteiger partial charge in [0.25, 0.3) is 0 Å². The maximum Gasteiger partial charge on any atom is 0.0946 e. The fourth-order valence-electron chi connectivity index (χ4n) is 3.79. The molecule has 2 rings (SSSR count). The van der Waals surface area contributed by atoms with Crippen molar-refractivity contribution in [2.75, 3.05) is 13.2 Å². The van der Waals surface area contributed by atoms with E-state index in [1.54, 1.807) is 0 Å². The number of hydrogen-bond donors (Lipinski definition) is 0. The SMILES string of the molecule is CCCCCCCCCCOCC(Cn1ccnc1)SC1CCCCC1. The molecular formula is C22H40N2OS. The minimum Gasteiger partial charge on any atom is -0.380 e. The molecule has 1 unspecified atom stereocenters. The van der Waals surface area contributed by atoms with Crippen molar-refractivity contribution in [2.45, 2.75) is 107 Å². The first-order valence-electron chi connectivity index (χ1n) is 11.1. The number of unbranched alkanes of at least 4 members (excludes halogenated alkanes) is 7. The predicted molar refractivity (Wildman–Crippen MR) is 114 cm³/mol. The molecule has 1 aromatic rings. The Bertz CT molecular complexity index is 418. The molecule has 0 amide bonds. The molecule has 0 N–H and O–H groups in total. The molecule has 0 radical (unpaired) electrons. The van der Waals surface area contributed by atoms with Crippen LogP contribution in [-0.2, 0) is 11.3 Å². The summed E-state index contributed by atoms with van der Waals surface area (Å²) < 4.78 is 8.29. The molecule has 1 saturated carbocycles. The molecule has 0 spiro atoms. The van der Waals surface area contributed by atoms with Crippen LogP contribution in [0.25, 0.3) is 0 Å². The first-order chi connectivity index (χ1) is 12.9. The van der Waals surface area contributed by atoms with Crippen molar-refractivity contribution in [3.05, 3.63) is 18.7 Å². The lowest BCUT2D eigenvalue weighted by atomic mass is 10.0. The molecule has 1 aliphatic carbocycles. The maximum atomic E-state index is 6.08. The summed E-state index contributed by atoms with van der Waals surface area (Å²) in [7, 11) is 0. The van der Waals surface area contributed by atoms with Gasteiger partial charge in [-0.15, -0.1) is 0 Å². The number of thioether (sulfide) groups is 1. The van der Waals surface area contributed by atoms with Gasteiger partial charge in [-0.3, -0.25) is 0 Å².